The molecule has 1 unspecified atom stereocenters. The third-order valence-corrected chi connectivity index (χ3v) is 3.92. The van der Waals surface area contributed by atoms with E-state index in [4.69, 9.17) is 0 Å². The van der Waals surface area contributed by atoms with Crippen molar-refractivity contribution in [2.24, 2.45) is 0 Å². The Morgan fingerprint density at radius 1 is 0.952 bits per heavy atom. The number of aromatic nitrogens is 1. The van der Waals surface area contributed by atoms with Crippen molar-refractivity contribution in [1.82, 2.24) is 10.3 Å². The SMILES string of the molecule is CCNC(CC)c1ccc(Cc2ccc(CC)cn2)cc1. The third-order valence-electron chi connectivity index (χ3n) is 3.92. The van der Waals surface area contributed by atoms with Crippen molar-refractivity contribution in [2.45, 2.75) is 46.1 Å². The van der Waals surface area contributed by atoms with Crippen LogP contribution in [0.4, 0.5) is 0 Å². The number of aryl methyl sites for hydroxylation is 1. The topological polar surface area (TPSA) is 24.9 Å². The summed E-state index contributed by atoms with van der Waals surface area (Å²) in [7, 11) is 0. The number of hydrogen-bond donors (Lipinski definition) is 1. The summed E-state index contributed by atoms with van der Waals surface area (Å²) in [5.74, 6) is 0. The summed E-state index contributed by atoms with van der Waals surface area (Å²) < 4.78 is 0. The summed E-state index contributed by atoms with van der Waals surface area (Å²) in [5.41, 5.74) is 5.13. The molecule has 2 rings (SSSR count). The van der Waals surface area contributed by atoms with Gasteiger partial charge >= 0.3 is 0 Å². The first-order chi connectivity index (χ1) is 10.3. The molecule has 2 heteroatoms. The lowest BCUT2D eigenvalue weighted by atomic mass is 10.0. The largest absolute Gasteiger partial charge is 0.310 e. The Balaban J connectivity index is 2.04. The molecule has 0 spiro atoms. The molecule has 0 fully saturated rings. The summed E-state index contributed by atoms with van der Waals surface area (Å²) in [5, 5.41) is 3.52. The highest BCUT2D eigenvalue weighted by Crippen LogP contribution is 2.18. The van der Waals surface area contributed by atoms with Gasteiger partial charge in [0.15, 0.2) is 0 Å². The van der Waals surface area contributed by atoms with Crippen LogP contribution in [0.15, 0.2) is 42.6 Å². The second-order valence-electron chi connectivity index (χ2n) is 5.45. The van der Waals surface area contributed by atoms with E-state index in [0.29, 0.717) is 6.04 Å². The van der Waals surface area contributed by atoms with E-state index in [9.17, 15) is 0 Å². The molecular formula is C19H26N2. The third kappa shape index (κ3) is 4.40. The maximum absolute atomic E-state index is 4.54. The van der Waals surface area contributed by atoms with Gasteiger partial charge in [-0.1, -0.05) is 51.1 Å². The Morgan fingerprint density at radius 3 is 2.19 bits per heavy atom. The summed E-state index contributed by atoms with van der Waals surface area (Å²) in [6.45, 7) is 7.54. The van der Waals surface area contributed by atoms with Crippen LogP contribution in [0.25, 0.3) is 0 Å². The Labute approximate surface area is 128 Å². The zero-order valence-electron chi connectivity index (χ0n) is 13.4. The smallest absolute Gasteiger partial charge is 0.0447 e. The molecule has 0 saturated heterocycles. The zero-order valence-corrected chi connectivity index (χ0v) is 13.4. The predicted molar refractivity (Wildman–Crippen MR) is 89.6 cm³/mol. The predicted octanol–water partition coefficient (Wildman–Crippen LogP) is 4.30. The molecule has 2 aromatic rings. The fourth-order valence-corrected chi connectivity index (χ4v) is 2.59. The Kier molecular flexibility index (Phi) is 5.94. The molecule has 1 N–H and O–H groups in total. The Morgan fingerprint density at radius 2 is 1.67 bits per heavy atom. The van der Waals surface area contributed by atoms with E-state index < -0.39 is 0 Å². The van der Waals surface area contributed by atoms with Gasteiger partial charge in [0.2, 0.25) is 0 Å². The van der Waals surface area contributed by atoms with Crippen LogP contribution in [0, 0.1) is 0 Å². The Hall–Kier alpha value is -1.67. The van der Waals surface area contributed by atoms with E-state index in [1.165, 1.54) is 16.7 Å². The van der Waals surface area contributed by atoms with E-state index in [1.54, 1.807) is 0 Å². The van der Waals surface area contributed by atoms with Gasteiger partial charge in [-0.3, -0.25) is 4.98 Å². The van der Waals surface area contributed by atoms with E-state index >= 15 is 0 Å². The average Bonchev–Trinajstić information content (AvgIpc) is 2.54. The zero-order chi connectivity index (χ0) is 15.1. The molecule has 1 aromatic carbocycles. The van der Waals surface area contributed by atoms with Crippen LogP contribution >= 0.6 is 0 Å². The summed E-state index contributed by atoms with van der Waals surface area (Å²) in [6, 6.07) is 13.7. The molecule has 0 aliphatic rings. The lowest BCUT2D eigenvalue weighted by Crippen LogP contribution is -2.19. The Bertz CT molecular complexity index is 528. The van der Waals surface area contributed by atoms with Crippen molar-refractivity contribution in [1.29, 1.82) is 0 Å². The van der Waals surface area contributed by atoms with E-state index in [0.717, 1.165) is 31.5 Å². The van der Waals surface area contributed by atoms with Crippen LogP contribution in [0.1, 0.15) is 55.6 Å². The number of nitrogens with one attached hydrogen (secondary N) is 1. The van der Waals surface area contributed by atoms with Crippen molar-refractivity contribution < 1.29 is 0 Å². The number of hydrogen-bond acceptors (Lipinski definition) is 2. The van der Waals surface area contributed by atoms with Crippen LogP contribution in [0.3, 0.4) is 0 Å². The van der Waals surface area contributed by atoms with Crippen molar-refractivity contribution in [3.05, 3.63) is 65.0 Å². The number of nitrogens with zero attached hydrogens (tertiary/aromatic N) is 1. The lowest BCUT2D eigenvalue weighted by Gasteiger charge is -2.16. The van der Waals surface area contributed by atoms with Gasteiger partial charge in [-0.15, -0.1) is 0 Å². The molecule has 21 heavy (non-hydrogen) atoms. The van der Waals surface area contributed by atoms with Crippen LogP contribution in [0.2, 0.25) is 0 Å². The first-order valence-electron chi connectivity index (χ1n) is 8.02. The van der Waals surface area contributed by atoms with Gasteiger partial charge in [-0.2, -0.15) is 0 Å². The molecule has 0 saturated carbocycles. The van der Waals surface area contributed by atoms with Gasteiger partial charge in [0.05, 0.1) is 0 Å². The minimum atomic E-state index is 0.464. The normalized spacial score (nSPS) is 12.3. The van der Waals surface area contributed by atoms with Gasteiger partial charge in [0, 0.05) is 24.4 Å². The highest BCUT2D eigenvalue weighted by atomic mass is 14.9. The fourth-order valence-electron chi connectivity index (χ4n) is 2.59. The molecule has 0 radical (unpaired) electrons. The first kappa shape index (κ1) is 15.7. The number of pyridine rings is 1. The van der Waals surface area contributed by atoms with E-state index in [-0.39, 0.29) is 0 Å². The summed E-state index contributed by atoms with van der Waals surface area (Å²) in [4.78, 5) is 4.54. The van der Waals surface area contributed by atoms with Crippen LogP contribution in [0.5, 0.6) is 0 Å². The maximum atomic E-state index is 4.54. The number of rotatable bonds is 7. The average molecular weight is 282 g/mol. The molecule has 2 nitrogen and oxygen atoms in total. The monoisotopic (exact) mass is 282 g/mol. The highest BCUT2D eigenvalue weighted by Gasteiger charge is 2.07. The molecule has 0 aliphatic heterocycles. The molecule has 112 valence electrons. The van der Waals surface area contributed by atoms with Crippen LogP contribution in [-0.4, -0.2) is 11.5 Å². The number of benzene rings is 1. The molecule has 0 aliphatic carbocycles. The second kappa shape index (κ2) is 7.94. The minimum Gasteiger partial charge on any atom is -0.310 e. The quantitative estimate of drug-likeness (QED) is 0.819. The summed E-state index contributed by atoms with van der Waals surface area (Å²) in [6.07, 6.45) is 5.06. The molecule has 1 atom stereocenters. The van der Waals surface area contributed by atoms with Crippen molar-refractivity contribution in [3.63, 3.8) is 0 Å². The minimum absolute atomic E-state index is 0.464. The first-order valence-corrected chi connectivity index (χ1v) is 8.02. The summed E-state index contributed by atoms with van der Waals surface area (Å²) >= 11 is 0. The van der Waals surface area contributed by atoms with Crippen molar-refractivity contribution in [3.8, 4) is 0 Å². The van der Waals surface area contributed by atoms with Gasteiger partial charge in [-0.25, -0.2) is 0 Å². The molecule has 0 bridgehead atoms. The van der Waals surface area contributed by atoms with E-state index in [1.807, 2.05) is 6.20 Å². The molecule has 1 aromatic heterocycles. The maximum Gasteiger partial charge on any atom is 0.0447 e. The fraction of sp³-hybridized carbons (Fsp3) is 0.421. The molecule has 1 heterocycles. The van der Waals surface area contributed by atoms with Gasteiger partial charge in [-0.05, 0) is 42.1 Å². The van der Waals surface area contributed by atoms with Gasteiger partial charge < -0.3 is 5.32 Å². The van der Waals surface area contributed by atoms with E-state index in [2.05, 4.69) is 67.5 Å². The lowest BCUT2D eigenvalue weighted by molar-refractivity contribution is 0.537. The van der Waals surface area contributed by atoms with Gasteiger partial charge in [0.25, 0.3) is 0 Å². The van der Waals surface area contributed by atoms with Crippen molar-refractivity contribution in [2.75, 3.05) is 6.54 Å². The highest BCUT2D eigenvalue weighted by molar-refractivity contribution is 5.28. The molecule has 0 amide bonds. The van der Waals surface area contributed by atoms with Crippen LogP contribution in [-0.2, 0) is 12.8 Å². The second-order valence-corrected chi connectivity index (χ2v) is 5.45. The van der Waals surface area contributed by atoms with Gasteiger partial charge in [0.1, 0.15) is 0 Å². The molecular weight excluding hydrogens is 256 g/mol. The van der Waals surface area contributed by atoms with Crippen LogP contribution < -0.4 is 5.32 Å². The standard InChI is InChI=1S/C19H26N2/c1-4-15-9-12-18(21-14-15)13-16-7-10-17(11-8-16)19(5-2)20-6-3/h7-12,14,19-20H,4-6,13H2,1-3H3. The van der Waals surface area contributed by atoms with Crippen molar-refractivity contribution >= 4 is 0 Å².